The van der Waals surface area contributed by atoms with Crippen LogP contribution in [0.1, 0.15) is 33.4 Å². The summed E-state index contributed by atoms with van der Waals surface area (Å²) in [5.41, 5.74) is 6.47. The Morgan fingerprint density at radius 2 is 0.963 bits per heavy atom. The van der Waals surface area contributed by atoms with Gasteiger partial charge in [-0.2, -0.15) is 0 Å². The van der Waals surface area contributed by atoms with E-state index in [0.717, 1.165) is 31.3 Å². The lowest BCUT2D eigenvalue weighted by Gasteiger charge is -2.05. The quantitative estimate of drug-likeness (QED) is 0.361. The maximum absolute atomic E-state index is 13.6. The van der Waals surface area contributed by atoms with Crippen molar-refractivity contribution in [3.63, 3.8) is 0 Å². The SMILES string of the molecule is Cc1ccc2sc(S(=O)(=O)c3sc4ccc(C)c(C)c4c3C)c(C)c2c1C. The van der Waals surface area contributed by atoms with Gasteiger partial charge in [-0.25, -0.2) is 8.42 Å². The molecule has 0 aliphatic rings. The Balaban J connectivity index is 2.03. The second-order valence-electron chi connectivity index (χ2n) is 7.29. The second kappa shape index (κ2) is 6.16. The number of thiophene rings is 2. The standard InChI is InChI=1S/C22H22O2S3/c1-11-7-9-17-19(13(11)3)15(5)21(25-17)27(23,24)22-16(6)20-14(4)12(2)8-10-18(20)26-22/h7-10H,1-6H3. The first-order valence-corrected chi connectivity index (χ1v) is 12.0. The molecular formula is C22H22O2S3. The molecule has 0 radical (unpaired) electrons. The van der Waals surface area contributed by atoms with Crippen LogP contribution >= 0.6 is 22.7 Å². The van der Waals surface area contributed by atoms with E-state index in [1.165, 1.54) is 44.9 Å². The van der Waals surface area contributed by atoms with Crippen molar-refractivity contribution in [2.45, 2.75) is 50.0 Å². The number of rotatable bonds is 2. The first-order chi connectivity index (χ1) is 12.6. The molecule has 0 atom stereocenters. The highest BCUT2D eigenvalue weighted by molar-refractivity contribution is 7.95. The van der Waals surface area contributed by atoms with Crippen LogP contribution in [0, 0.1) is 41.5 Å². The van der Waals surface area contributed by atoms with Gasteiger partial charge in [-0.3, -0.25) is 0 Å². The van der Waals surface area contributed by atoms with E-state index in [0.29, 0.717) is 8.42 Å². The van der Waals surface area contributed by atoms with E-state index in [1.54, 1.807) is 0 Å². The average molecular weight is 415 g/mol. The van der Waals surface area contributed by atoms with E-state index < -0.39 is 9.84 Å². The van der Waals surface area contributed by atoms with Gasteiger partial charge in [0.05, 0.1) is 0 Å². The largest absolute Gasteiger partial charge is 0.225 e. The van der Waals surface area contributed by atoms with Crippen molar-refractivity contribution in [1.29, 1.82) is 0 Å². The Labute approximate surface area is 168 Å². The Hall–Kier alpha value is -1.69. The van der Waals surface area contributed by atoms with Gasteiger partial charge in [-0.05, 0) is 97.8 Å². The lowest BCUT2D eigenvalue weighted by Crippen LogP contribution is -2.01. The molecule has 0 N–H and O–H groups in total. The number of sulfone groups is 1. The summed E-state index contributed by atoms with van der Waals surface area (Å²) in [4.78, 5) is 0. The van der Waals surface area contributed by atoms with E-state index in [-0.39, 0.29) is 0 Å². The predicted molar refractivity (Wildman–Crippen MR) is 118 cm³/mol. The second-order valence-corrected chi connectivity index (χ2v) is 11.7. The van der Waals surface area contributed by atoms with Crippen molar-refractivity contribution < 1.29 is 8.42 Å². The summed E-state index contributed by atoms with van der Waals surface area (Å²) in [6.45, 7) is 12.2. The third-order valence-corrected chi connectivity index (χ3v) is 11.2. The highest BCUT2D eigenvalue weighted by atomic mass is 32.3. The Morgan fingerprint density at radius 3 is 1.33 bits per heavy atom. The van der Waals surface area contributed by atoms with Crippen LogP contribution in [0.5, 0.6) is 0 Å². The van der Waals surface area contributed by atoms with Crippen molar-refractivity contribution >= 4 is 52.7 Å². The summed E-state index contributed by atoms with van der Waals surface area (Å²) in [7, 11) is -3.55. The number of hydrogen-bond donors (Lipinski definition) is 0. The van der Waals surface area contributed by atoms with Gasteiger partial charge in [-0.15, -0.1) is 22.7 Å². The number of hydrogen-bond acceptors (Lipinski definition) is 4. The maximum atomic E-state index is 13.6. The minimum Gasteiger partial charge on any atom is -0.217 e. The number of benzene rings is 2. The van der Waals surface area contributed by atoms with Crippen molar-refractivity contribution in [3.05, 3.63) is 57.6 Å². The van der Waals surface area contributed by atoms with Gasteiger partial charge in [0.25, 0.3) is 0 Å². The molecule has 2 nitrogen and oxygen atoms in total. The Bertz CT molecular complexity index is 1240. The first kappa shape index (κ1) is 18.7. The highest BCUT2D eigenvalue weighted by Crippen LogP contribution is 2.44. The molecule has 0 aliphatic heterocycles. The molecule has 140 valence electrons. The fraction of sp³-hybridized carbons (Fsp3) is 0.273. The van der Waals surface area contributed by atoms with Crippen LogP contribution in [0.3, 0.4) is 0 Å². The number of aryl methyl sites for hydroxylation is 6. The van der Waals surface area contributed by atoms with E-state index in [4.69, 9.17) is 0 Å². The fourth-order valence-corrected chi connectivity index (χ4v) is 9.09. The van der Waals surface area contributed by atoms with Crippen molar-refractivity contribution in [1.82, 2.24) is 0 Å². The minimum absolute atomic E-state index is 0.482. The molecule has 4 rings (SSSR count). The monoisotopic (exact) mass is 414 g/mol. The fourth-order valence-electron chi connectivity index (χ4n) is 3.84. The van der Waals surface area contributed by atoms with E-state index >= 15 is 0 Å². The van der Waals surface area contributed by atoms with Gasteiger partial charge in [0.1, 0.15) is 8.42 Å². The molecule has 4 aromatic rings. The van der Waals surface area contributed by atoms with Crippen molar-refractivity contribution in [3.8, 4) is 0 Å². The molecule has 5 heteroatoms. The van der Waals surface area contributed by atoms with Crippen LogP contribution in [0.2, 0.25) is 0 Å². The van der Waals surface area contributed by atoms with Crippen LogP contribution in [-0.2, 0) is 9.84 Å². The molecule has 2 aromatic heterocycles. The smallest absolute Gasteiger partial charge is 0.217 e. The molecule has 2 aromatic carbocycles. The highest BCUT2D eigenvalue weighted by Gasteiger charge is 2.29. The van der Waals surface area contributed by atoms with E-state index in [9.17, 15) is 8.42 Å². The molecule has 0 aliphatic carbocycles. The normalized spacial score (nSPS) is 12.4. The molecule has 0 spiro atoms. The van der Waals surface area contributed by atoms with Gasteiger partial charge in [0.15, 0.2) is 0 Å². The van der Waals surface area contributed by atoms with E-state index in [2.05, 4.69) is 39.8 Å². The van der Waals surface area contributed by atoms with Gasteiger partial charge in [-0.1, -0.05) is 12.1 Å². The minimum atomic E-state index is -3.55. The van der Waals surface area contributed by atoms with Crippen LogP contribution in [-0.4, -0.2) is 8.42 Å². The molecule has 0 saturated carbocycles. The summed E-state index contributed by atoms with van der Waals surface area (Å²) < 4.78 is 30.3. The molecule has 2 heterocycles. The van der Waals surface area contributed by atoms with Crippen LogP contribution in [0.15, 0.2) is 32.7 Å². The molecule has 27 heavy (non-hydrogen) atoms. The summed E-state index contributed by atoms with van der Waals surface area (Å²) in [6, 6.07) is 8.22. The Morgan fingerprint density at radius 1 is 0.593 bits per heavy atom. The summed E-state index contributed by atoms with van der Waals surface area (Å²) >= 11 is 2.79. The molecule has 0 saturated heterocycles. The van der Waals surface area contributed by atoms with Crippen molar-refractivity contribution in [2.75, 3.05) is 0 Å². The lowest BCUT2D eigenvalue weighted by atomic mass is 10.0. The molecule has 0 unspecified atom stereocenters. The summed E-state index contributed by atoms with van der Waals surface area (Å²) in [6.07, 6.45) is 0. The molecule has 0 fully saturated rings. The van der Waals surface area contributed by atoms with Crippen molar-refractivity contribution in [2.24, 2.45) is 0 Å². The first-order valence-electron chi connectivity index (χ1n) is 8.88. The summed E-state index contributed by atoms with van der Waals surface area (Å²) in [5.74, 6) is 0. The third kappa shape index (κ3) is 2.59. The Kier molecular flexibility index (Phi) is 4.26. The van der Waals surface area contributed by atoms with E-state index in [1.807, 2.05) is 26.0 Å². The zero-order chi connectivity index (χ0) is 19.7. The average Bonchev–Trinajstić information content (AvgIpc) is 3.14. The zero-order valence-electron chi connectivity index (χ0n) is 16.4. The predicted octanol–water partition coefficient (Wildman–Crippen LogP) is 6.80. The molecule has 0 amide bonds. The van der Waals surface area contributed by atoms with Crippen LogP contribution in [0.25, 0.3) is 20.2 Å². The molecule has 0 bridgehead atoms. The van der Waals surface area contributed by atoms with Crippen LogP contribution < -0.4 is 0 Å². The maximum Gasteiger partial charge on any atom is 0.225 e. The zero-order valence-corrected chi connectivity index (χ0v) is 18.8. The van der Waals surface area contributed by atoms with Crippen LogP contribution in [0.4, 0.5) is 0 Å². The summed E-state index contributed by atoms with van der Waals surface area (Å²) in [5, 5.41) is 2.17. The third-order valence-electron chi connectivity index (χ3n) is 5.65. The van der Waals surface area contributed by atoms with Gasteiger partial charge in [0, 0.05) is 9.40 Å². The number of fused-ring (bicyclic) bond motifs is 2. The molecular weight excluding hydrogens is 392 g/mol. The van der Waals surface area contributed by atoms with Gasteiger partial charge < -0.3 is 0 Å². The topological polar surface area (TPSA) is 34.1 Å². The van der Waals surface area contributed by atoms with Gasteiger partial charge in [0.2, 0.25) is 9.84 Å². The lowest BCUT2D eigenvalue weighted by molar-refractivity contribution is 0.599. The van der Waals surface area contributed by atoms with Gasteiger partial charge >= 0.3 is 0 Å².